The number of aromatic amines is 2. The molecule has 0 bridgehead atoms. The second-order valence-corrected chi connectivity index (χ2v) is 41.3. The van der Waals surface area contributed by atoms with Gasteiger partial charge in [-0.15, -0.1) is 34.0 Å². The van der Waals surface area contributed by atoms with E-state index in [1.807, 2.05) is 34.0 Å². The smallest absolute Gasteiger partial charge is 0.147 e. The number of furan rings is 3. The van der Waals surface area contributed by atoms with Crippen molar-refractivity contribution in [1.82, 2.24) is 76.0 Å². The van der Waals surface area contributed by atoms with E-state index in [-0.39, 0.29) is 0 Å². The van der Waals surface area contributed by atoms with Crippen LogP contribution in [0.5, 0.6) is 0 Å². The fraction of sp³-hybridized carbons (Fsp3) is 0.00826. The number of rotatable bonds is 0. The quantitative estimate of drug-likeness (QED) is 0.146. The summed E-state index contributed by atoms with van der Waals surface area (Å²) in [5.74, 6) is 0. The van der Waals surface area contributed by atoms with Crippen LogP contribution < -0.4 is 0 Å². The maximum atomic E-state index is 6.26. The van der Waals surface area contributed by atoms with Crippen LogP contribution in [0.25, 0.3) is 305 Å². The Morgan fingerprint density at radius 2 is 0.465 bits per heavy atom. The second-order valence-electron chi connectivity index (χ2n) is 38.6. The molecule has 0 unspecified atom stereocenters. The van der Waals surface area contributed by atoms with E-state index in [1.165, 1.54) is 211 Å². The van der Waals surface area contributed by atoms with Crippen molar-refractivity contribution in [3.8, 4) is 0 Å². The lowest BCUT2D eigenvalue weighted by Crippen LogP contribution is -2.05. The summed E-state index contributed by atoms with van der Waals surface area (Å²) in [6.45, 7) is 0. The highest BCUT2D eigenvalue weighted by atomic mass is 32.1. The summed E-state index contributed by atoms with van der Waals surface area (Å²) >= 11 is 5.59. The molecule has 20 nitrogen and oxygen atoms in total. The Hall–Kier alpha value is -18.9. The molecule has 0 saturated heterocycles. The number of benzene rings is 4. The van der Waals surface area contributed by atoms with E-state index in [2.05, 4.69) is 440 Å². The molecule has 0 saturated carbocycles. The average Bonchev–Trinajstić information content (AvgIpc) is 1.52. The third kappa shape index (κ3) is 8.62. The van der Waals surface area contributed by atoms with Gasteiger partial charge in [-0.25, -0.2) is 0 Å². The fourth-order valence-corrected chi connectivity index (χ4v) is 29.9. The summed E-state index contributed by atoms with van der Waals surface area (Å²) in [7, 11) is 0. The van der Waals surface area contributed by atoms with Crippen molar-refractivity contribution >= 4 is 339 Å². The molecule has 0 fully saturated rings. The van der Waals surface area contributed by atoms with Crippen molar-refractivity contribution in [2.75, 3.05) is 0 Å². The maximum Gasteiger partial charge on any atom is 0.147 e. The second kappa shape index (κ2) is 26.0. The van der Waals surface area contributed by atoms with E-state index in [0.717, 1.165) is 106 Å². The Bertz CT molecular complexity index is 10500. The van der Waals surface area contributed by atoms with E-state index >= 15 is 0 Å². The molecule has 39 aromatic rings. The highest BCUT2D eigenvalue weighted by molar-refractivity contribution is 7.20. The third-order valence-electron chi connectivity index (χ3n) is 32.3. The van der Waals surface area contributed by atoms with Crippen molar-refractivity contribution in [2.24, 2.45) is 0 Å². The molecule has 1 aliphatic carbocycles. The van der Waals surface area contributed by atoms with Crippen molar-refractivity contribution in [3.05, 3.63) is 388 Å². The molecule has 0 amide bonds. The van der Waals surface area contributed by atoms with Gasteiger partial charge >= 0.3 is 0 Å². The minimum Gasteiger partial charge on any atom is -0.463 e. The number of nitrogens with zero attached hydrogens (tertiary/aromatic N) is 15. The van der Waals surface area contributed by atoms with Crippen LogP contribution in [0.1, 0.15) is 11.1 Å². The van der Waals surface area contributed by atoms with Crippen molar-refractivity contribution in [1.29, 1.82) is 0 Å². The van der Waals surface area contributed by atoms with Crippen molar-refractivity contribution in [2.45, 2.75) is 6.42 Å². The van der Waals surface area contributed by atoms with Gasteiger partial charge in [-0.05, 0) is 259 Å². The number of H-pyrrole nitrogens is 2. The first-order chi connectivity index (χ1) is 71.6. The first-order valence-electron chi connectivity index (χ1n) is 48.5. The molecule has 0 spiro atoms. The average molecular weight is 1900 g/mol. The molecule has 4 aromatic carbocycles. The van der Waals surface area contributed by atoms with Crippen LogP contribution in [0.2, 0.25) is 0 Å². The lowest BCUT2D eigenvalue weighted by atomic mass is 9.95. The lowest BCUT2D eigenvalue weighted by Gasteiger charge is -2.20. The normalized spacial score (nSPS) is 13.2. The molecule has 0 radical (unpaired) electrons. The van der Waals surface area contributed by atoms with E-state index < -0.39 is 0 Å². The number of pyridine rings is 9. The number of hydrogen-bond donors (Lipinski definition) is 2. The van der Waals surface area contributed by atoms with E-state index in [1.54, 1.807) is 18.8 Å². The molecule has 0 atom stereocenters. The standard InChI is InChI=1S/C31H19N5.C30H18N6.C30H15N3O3.C30H15N3S3/c1-5-17-18(6-1)24-29(34-14-2-7-21(17)34)25-28-20(11-13-33-28)23-9-4-16-36(23)31(25)26-27-19(10-12-32-27)22-8-3-15-35(22)30(24)26;1-7-19-25-28(34-16-4-10-22(34)31(19)13-1)26-20-8-2-15-33(20)24-12-6-18-36(24)30(26)27-21-9-3-14-32(21)23-11-5-17-35(23)29(25)27;2*1-4-19-16-7-13-34-28(16)22-25(31(19)10-1)23-27(33-12-2-5-20(33)17-8-14-35-29(17)23)24-26(22)32-11-3-6-21(32)18-9-15-36-30(18)24/h1-5,7-16,32-33H,6H2;1-18H;2*1-15H. The van der Waals surface area contributed by atoms with Gasteiger partial charge in [0.25, 0.3) is 0 Å². The number of nitrogens with one attached hydrogen (secondary N) is 2. The predicted octanol–water partition coefficient (Wildman–Crippen LogP) is 31.8. The monoisotopic (exact) mass is 1900 g/mol. The van der Waals surface area contributed by atoms with E-state index in [4.69, 9.17) is 13.3 Å². The van der Waals surface area contributed by atoms with Crippen LogP contribution in [0, 0.1) is 0 Å². The zero-order valence-corrected chi connectivity index (χ0v) is 78.2. The molecule has 35 heterocycles. The van der Waals surface area contributed by atoms with Crippen LogP contribution >= 0.6 is 34.0 Å². The number of allylic oxidation sites excluding steroid dienone is 1. The van der Waals surface area contributed by atoms with Gasteiger partial charge < -0.3 is 89.2 Å². The number of thiophene rings is 3. The van der Waals surface area contributed by atoms with Gasteiger partial charge in [0.15, 0.2) is 0 Å². The molecule has 2 N–H and O–H groups in total. The topological polar surface area (TPSA) is 137 Å². The summed E-state index contributed by atoms with van der Waals surface area (Å²) < 4.78 is 58.3. The Kier molecular flexibility index (Phi) is 13.4. The van der Waals surface area contributed by atoms with Crippen LogP contribution in [0.15, 0.2) is 390 Å². The Labute approximate surface area is 816 Å². The van der Waals surface area contributed by atoms with Crippen molar-refractivity contribution in [3.63, 3.8) is 0 Å². The first-order valence-corrected chi connectivity index (χ1v) is 51.1. The largest absolute Gasteiger partial charge is 0.463 e. The molecule has 1 aliphatic rings. The molecule has 23 heteroatoms. The maximum absolute atomic E-state index is 6.26. The molecule has 40 rings (SSSR count). The van der Waals surface area contributed by atoms with Crippen LogP contribution in [0.4, 0.5) is 0 Å². The zero-order chi connectivity index (χ0) is 92.5. The van der Waals surface area contributed by atoms with Gasteiger partial charge in [-0.1, -0.05) is 12.2 Å². The van der Waals surface area contributed by atoms with Gasteiger partial charge in [0, 0.05) is 217 Å². The summed E-state index contributed by atoms with van der Waals surface area (Å²) in [5, 5.41) is 31.2. The summed E-state index contributed by atoms with van der Waals surface area (Å²) in [4.78, 5) is 7.28. The summed E-state index contributed by atoms with van der Waals surface area (Å²) in [6.07, 6.45) is 48.0. The number of hydrogen-bond acceptors (Lipinski definition) is 6. The first kappa shape index (κ1) is 74.2. The van der Waals surface area contributed by atoms with Crippen LogP contribution in [-0.4, -0.2) is 76.0 Å². The molecule has 0 aliphatic heterocycles. The van der Waals surface area contributed by atoms with E-state index in [0.29, 0.717) is 0 Å². The predicted molar refractivity (Wildman–Crippen MR) is 592 cm³/mol. The highest BCUT2D eigenvalue weighted by Crippen LogP contribution is 2.55. The molecule has 35 aromatic heterocycles. The van der Waals surface area contributed by atoms with Crippen LogP contribution in [0.3, 0.4) is 0 Å². The van der Waals surface area contributed by atoms with Gasteiger partial charge in [0.05, 0.1) is 178 Å². The minimum atomic E-state index is 0.858. The Morgan fingerprint density at radius 1 is 0.208 bits per heavy atom. The minimum absolute atomic E-state index is 0.858. The SMILES string of the molecule is C1=Cc2c(c3c(c4c5[nH]ccc5c5cccn5c4c4c5[nH]ccc5c5cccn5c34)n3cccc23)C1.c1cc2c3c(c4c5cccn5c5cccn5c4c4c5cccn5c5cccn5c34)n3cccc3n2c1.c1cc2c3ccoc3c3c(c4c5occc5c5cccn5c4c4c5occc5c5cccn5c34)n2c1.c1cc2c3ccsc3c3c(c4c5sccc5c5cccn5c4c4c5sccc5c5cccn5c34)n2c1. The molecular formula is C121H67N17O3S3. The van der Waals surface area contributed by atoms with Crippen LogP contribution in [-0.2, 0) is 6.42 Å². The van der Waals surface area contributed by atoms with E-state index in [9.17, 15) is 0 Å². The van der Waals surface area contributed by atoms with Gasteiger partial charge in [0.1, 0.15) is 33.7 Å². The zero-order valence-electron chi connectivity index (χ0n) is 75.7. The Balaban J connectivity index is 0.0000000789. The fourth-order valence-electron chi connectivity index (χ4n) is 27.1. The summed E-state index contributed by atoms with van der Waals surface area (Å²) in [5.41, 5.74) is 40.2. The summed E-state index contributed by atoms with van der Waals surface area (Å²) in [6, 6.07) is 83.0. The van der Waals surface area contributed by atoms with Gasteiger partial charge in [-0.2, -0.15) is 0 Å². The lowest BCUT2D eigenvalue weighted by molar-refractivity contribution is 0.618. The third-order valence-corrected chi connectivity index (χ3v) is 35.1. The Morgan fingerprint density at radius 3 is 0.806 bits per heavy atom. The number of aromatic nitrogens is 17. The highest BCUT2D eigenvalue weighted by Gasteiger charge is 2.34. The number of fused-ring (bicyclic) bond motifs is 84. The molecule has 144 heavy (non-hydrogen) atoms. The van der Waals surface area contributed by atoms with Gasteiger partial charge in [-0.3, -0.25) is 0 Å². The molecular weight excluding hydrogens is 1840 g/mol. The van der Waals surface area contributed by atoms with Crippen molar-refractivity contribution < 1.29 is 13.3 Å². The molecule has 672 valence electrons. The van der Waals surface area contributed by atoms with Gasteiger partial charge in [0.2, 0.25) is 0 Å².